The number of hydrogen-bond acceptors (Lipinski definition) is 19. The van der Waals surface area contributed by atoms with Crippen LogP contribution in [0.3, 0.4) is 0 Å². The molecule has 4 N–H and O–H groups in total. The summed E-state index contributed by atoms with van der Waals surface area (Å²) in [7, 11) is 0. The fourth-order valence-corrected chi connectivity index (χ4v) is 16.3. The van der Waals surface area contributed by atoms with Crippen molar-refractivity contribution in [1.82, 2.24) is 25.3 Å². The molecule has 7 amide bonds. The fraction of sp³-hybridized carbons (Fsp3) is 0.383. The number of fused-ring (bicyclic) bond motifs is 4. The molecule has 8 heterocycles. The molecule has 16 rings (SSSR count). The Morgan fingerprint density at radius 3 is 0.992 bits per heavy atom. The number of aliphatic hydroxyl groups is 2. The predicted molar refractivity (Wildman–Crippen MR) is 481 cm³/mol. The number of ether oxygens (including phenoxy) is 3. The molecule has 26 nitrogen and oxygen atoms in total. The first-order valence-electron chi connectivity index (χ1n) is 41.2. The summed E-state index contributed by atoms with van der Waals surface area (Å²) >= 11 is 3.28. The zero-order valence-electron chi connectivity index (χ0n) is 73.9. The first-order chi connectivity index (χ1) is 58.7. The fourth-order valence-electron chi connectivity index (χ4n) is 15.8. The molecule has 0 bridgehead atoms. The molecule has 2 atom stereocenters. The van der Waals surface area contributed by atoms with E-state index >= 15 is 0 Å². The van der Waals surface area contributed by atoms with Gasteiger partial charge in [-0.3, -0.25) is 28.8 Å². The van der Waals surface area contributed by atoms with Crippen molar-refractivity contribution in [3.8, 4) is 0 Å². The van der Waals surface area contributed by atoms with E-state index in [0.29, 0.717) is 130 Å². The average molecular weight is 1830 g/mol. The van der Waals surface area contributed by atoms with Crippen LogP contribution in [0.4, 0.5) is 71.8 Å². The third kappa shape index (κ3) is 23.9. The number of benzene rings is 8. The van der Waals surface area contributed by atoms with Gasteiger partial charge < -0.3 is 91.5 Å². The third-order valence-electron chi connectivity index (χ3n) is 21.5. The van der Waals surface area contributed by atoms with Gasteiger partial charge in [0.25, 0.3) is 35.2 Å². The zero-order chi connectivity index (χ0) is 89.5. The largest absolute Gasteiger partial charge is 1.00 e. The van der Waals surface area contributed by atoms with Gasteiger partial charge in [0, 0.05) is 132 Å². The second-order valence-corrected chi connectivity index (χ2v) is 35.3. The zero-order valence-corrected chi connectivity index (χ0v) is 76.3. The summed E-state index contributed by atoms with van der Waals surface area (Å²) in [5, 5.41) is 28.7. The van der Waals surface area contributed by atoms with Gasteiger partial charge in [-0.1, -0.05) is 72.8 Å². The Kier molecular flexibility index (Phi) is 33.0. The van der Waals surface area contributed by atoms with Gasteiger partial charge in [0.15, 0.2) is 11.2 Å². The molecule has 127 heavy (non-hydrogen) atoms. The van der Waals surface area contributed by atoms with E-state index in [4.69, 9.17) is 14.2 Å². The van der Waals surface area contributed by atoms with E-state index in [2.05, 4.69) is 36.4 Å². The van der Waals surface area contributed by atoms with E-state index in [1.807, 2.05) is 104 Å². The maximum Gasteiger partial charge on any atom is 1.00 e. The summed E-state index contributed by atoms with van der Waals surface area (Å²) < 4.78 is 70.7. The quantitative estimate of drug-likeness (QED) is 0.0308. The van der Waals surface area contributed by atoms with Gasteiger partial charge in [-0.05, 0) is 211 Å². The van der Waals surface area contributed by atoms with Crippen LogP contribution in [0.2, 0.25) is 0 Å². The molecule has 0 aliphatic carbocycles. The SMILES string of the molecule is CC(C)(C)OC(=O)N1CCN(c2cccc3c2C(=O)C(=O)N3Cc2cccc(F)c2)CC1.CC(C)(C)OC(=O)N1CCN(c2cccc3c2C(C)(O)C(=O)N3Cc2cccc(F)c2)CC1.CC(C)(C)OC(=O)N1CCNCC1.CC1(O)C(=O)N(Cc2cccc(F)c2)c2cccc(N3CCNCC3)c21.Cl.O=C1C(=O)N(Cc2cccc(F)c2)c2cccc(Br)c21.[CH3-].[Li+]. The molecule has 4 fully saturated rings. The normalized spacial score (nSPS) is 18.3. The number of halogens is 6. The Balaban J connectivity index is 0.000000183. The predicted octanol–water partition coefficient (Wildman–Crippen LogP) is 11.3. The number of carbonyl (C=O) groups is 9. The van der Waals surface area contributed by atoms with Crippen molar-refractivity contribution in [2.75, 3.05) is 139 Å². The van der Waals surface area contributed by atoms with Crippen molar-refractivity contribution < 1.29 is 104 Å². The minimum Gasteiger partial charge on any atom is -0.444 e. The summed E-state index contributed by atoms with van der Waals surface area (Å²) in [6, 6.07) is 46.1. The number of anilines is 7. The number of nitrogens with zero attached hydrogens (tertiary/aromatic N) is 10. The first-order valence-corrected chi connectivity index (χ1v) is 42.0. The molecule has 0 saturated carbocycles. The summed E-state index contributed by atoms with van der Waals surface area (Å²) in [6.07, 6.45) is -0.902. The van der Waals surface area contributed by atoms with Crippen molar-refractivity contribution in [1.29, 1.82) is 0 Å². The Morgan fingerprint density at radius 2 is 0.646 bits per heavy atom. The van der Waals surface area contributed by atoms with Crippen LogP contribution >= 0.6 is 28.3 Å². The standard InChI is InChI=1S/C25H30FN3O4.C24H26FN3O4.C20H22FN3O2.C15H9BrFNO2.C9H18N2O2.CH3.ClH.Li/c1-24(2,3)33-23(31)28-13-11-27(12-14-28)19-9-6-10-20-21(19)25(4,32)22(30)29(20)16-17-7-5-8-18(26)15-17;1-24(2,3)32-23(31)27-12-10-26(11-13-27)18-8-5-9-19-20(18)21(29)22(30)28(19)15-16-6-4-7-17(25)14-16;1-20(26)18-16(23-10-8-22-9-11-23)6-3-7-17(18)24(19(20)25)13-14-4-2-5-15(21)12-14;16-11-5-2-6-12-13(11)14(19)15(20)18(12)8-9-3-1-4-10(17)7-9;1-9(2,3)13-8(12)11-6-4-10-5-7-11;;;/h5-10,15,32H,11-14,16H2,1-4H3;4-9,14H,10-13,15H2,1-3H3;2-7,12,22,26H,8-11,13H2,1H3;1-7H,8H2;10H,4-7H2,1-3H3;1H3;1H;/q;;;;;-1;;+1. The van der Waals surface area contributed by atoms with Crippen LogP contribution in [-0.2, 0) is 70.8 Å². The van der Waals surface area contributed by atoms with E-state index in [-0.39, 0.29) is 112 Å². The van der Waals surface area contributed by atoms with E-state index in [1.54, 1.807) is 111 Å². The minimum atomic E-state index is -1.71. The molecule has 8 aliphatic rings. The second kappa shape index (κ2) is 41.9. The van der Waals surface area contributed by atoms with Gasteiger partial charge in [0.05, 0.1) is 65.7 Å². The Morgan fingerprint density at radius 1 is 0.378 bits per heavy atom. The molecule has 33 heteroatoms. The van der Waals surface area contributed by atoms with Crippen LogP contribution in [0, 0.1) is 30.7 Å². The van der Waals surface area contributed by atoms with Gasteiger partial charge in [-0.15, -0.1) is 12.4 Å². The average Bonchev–Trinajstić information content (AvgIpc) is 1.59. The molecule has 8 aliphatic heterocycles. The number of ketones is 2. The van der Waals surface area contributed by atoms with Gasteiger partial charge in [0.2, 0.25) is 0 Å². The van der Waals surface area contributed by atoms with Gasteiger partial charge in [-0.25, -0.2) is 31.9 Å². The summed E-state index contributed by atoms with van der Waals surface area (Å²) in [5.74, 6) is -4.60. The van der Waals surface area contributed by atoms with Crippen molar-refractivity contribution in [3.05, 3.63) is 250 Å². The molecule has 2 unspecified atom stereocenters. The molecule has 8 aromatic rings. The van der Waals surface area contributed by atoms with Crippen molar-refractivity contribution in [3.63, 3.8) is 0 Å². The summed E-state index contributed by atoms with van der Waals surface area (Å²) in [4.78, 5) is 129. The minimum absolute atomic E-state index is 0. The molecular weight excluding hydrogens is 1720 g/mol. The van der Waals surface area contributed by atoms with Crippen LogP contribution < -0.4 is 63.8 Å². The van der Waals surface area contributed by atoms with Gasteiger partial charge >= 0.3 is 37.1 Å². The summed E-state index contributed by atoms with van der Waals surface area (Å²) in [5.41, 5.74) is 4.39. The Labute approximate surface area is 765 Å². The monoisotopic (exact) mass is 1830 g/mol. The van der Waals surface area contributed by atoms with Crippen LogP contribution in [0.5, 0.6) is 0 Å². The van der Waals surface area contributed by atoms with E-state index < -0.39 is 57.5 Å². The smallest absolute Gasteiger partial charge is 0.444 e. The number of piperazine rings is 4. The number of nitrogens with one attached hydrogen (secondary N) is 2. The van der Waals surface area contributed by atoms with Crippen LogP contribution in [-0.4, -0.2) is 200 Å². The molecule has 0 spiro atoms. The molecular formula is C94H109BrClF4LiN12O14. The molecule has 0 radical (unpaired) electrons. The number of amides is 7. The van der Waals surface area contributed by atoms with Crippen molar-refractivity contribution in [2.24, 2.45) is 0 Å². The number of Topliss-reactive ketones (excluding diaryl/α,β-unsaturated/α-hetero) is 2. The van der Waals surface area contributed by atoms with Crippen molar-refractivity contribution >= 4 is 122 Å². The molecule has 672 valence electrons. The number of carbonyl (C=O) groups excluding carboxylic acids is 9. The van der Waals surface area contributed by atoms with E-state index in [0.717, 1.165) is 63.7 Å². The topological polar surface area (TPSA) is 278 Å². The maximum atomic E-state index is 13.7. The van der Waals surface area contributed by atoms with Crippen LogP contribution in [0.15, 0.2) is 174 Å². The summed E-state index contributed by atoms with van der Waals surface area (Å²) in [6.45, 7) is 30.9. The second-order valence-electron chi connectivity index (χ2n) is 34.4. The third-order valence-corrected chi connectivity index (χ3v) is 22.2. The molecule has 4 saturated heterocycles. The maximum absolute atomic E-state index is 13.7. The van der Waals surface area contributed by atoms with Gasteiger partial charge in [0.1, 0.15) is 40.1 Å². The van der Waals surface area contributed by atoms with Crippen LogP contribution in [0.25, 0.3) is 0 Å². The number of rotatable bonds is 11. The first kappa shape index (κ1) is 99.9. The van der Waals surface area contributed by atoms with E-state index in [1.165, 1.54) is 70.2 Å². The van der Waals surface area contributed by atoms with E-state index in [9.17, 15) is 70.9 Å². The van der Waals surface area contributed by atoms with Crippen molar-refractivity contribution in [2.45, 2.75) is 130 Å². The van der Waals surface area contributed by atoms with Gasteiger partial charge in [-0.2, -0.15) is 0 Å². The Hall–Kier alpha value is -10.9. The number of hydrogen-bond donors (Lipinski definition) is 4. The molecule has 8 aromatic carbocycles. The molecule has 0 aromatic heterocycles. The van der Waals surface area contributed by atoms with Crippen LogP contribution in [0.1, 0.15) is 130 Å². The Bertz CT molecular complexity index is 5350.